The molecule has 0 aromatic carbocycles. The van der Waals surface area contributed by atoms with Crippen molar-refractivity contribution >= 4 is 27.2 Å². The van der Waals surface area contributed by atoms with Crippen molar-refractivity contribution in [2.75, 3.05) is 4.72 Å². The minimum Gasteiger partial charge on any atom is -0.392 e. The standard InChI is InChI=1S/C12H14N2O3S2/c1-8-3-9(2)13-11(4-8)14-19(16,17)12-5-10(6-15)7-18-12/h3-5,7,15H,6H2,1-2H3,(H,13,14). The first-order valence-corrected chi connectivity index (χ1v) is 7.93. The summed E-state index contributed by atoms with van der Waals surface area (Å²) in [5.41, 5.74) is 2.27. The molecule has 0 amide bonds. The first kappa shape index (κ1) is 14.0. The predicted molar refractivity (Wildman–Crippen MR) is 74.8 cm³/mol. The van der Waals surface area contributed by atoms with Crippen LogP contribution < -0.4 is 4.72 Å². The molecule has 0 spiro atoms. The second-order valence-electron chi connectivity index (χ2n) is 4.21. The van der Waals surface area contributed by atoms with E-state index in [1.165, 1.54) is 6.07 Å². The molecule has 0 atom stereocenters. The normalized spacial score (nSPS) is 11.5. The van der Waals surface area contributed by atoms with Crippen LogP contribution >= 0.6 is 11.3 Å². The lowest BCUT2D eigenvalue weighted by molar-refractivity contribution is 0.282. The molecule has 0 bridgehead atoms. The second-order valence-corrected chi connectivity index (χ2v) is 7.03. The van der Waals surface area contributed by atoms with Crippen molar-refractivity contribution in [2.24, 2.45) is 0 Å². The Balaban J connectivity index is 2.30. The van der Waals surface area contributed by atoms with E-state index in [1.54, 1.807) is 18.4 Å². The number of hydrogen-bond acceptors (Lipinski definition) is 5. The van der Waals surface area contributed by atoms with Gasteiger partial charge in [-0.3, -0.25) is 4.72 Å². The molecule has 2 N–H and O–H groups in total. The topological polar surface area (TPSA) is 79.3 Å². The average molecular weight is 298 g/mol. The molecule has 2 aromatic rings. The van der Waals surface area contributed by atoms with Gasteiger partial charge in [0, 0.05) is 5.69 Å². The summed E-state index contributed by atoms with van der Waals surface area (Å²) in [5, 5.41) is 10.6. The molecule has 0 aliphatic heterocycles. The number of pyridine rings is 1. The number of aromatic nitrogens is 1. The highest BCUT2D eigenvalue weighted by molar-refractivity contribution is 7.94. The van der Waals surface area contributed by atoms with Crippen LogP contribution in [-0.2, 0) is 16.6 Å². The summed E-state index contributed by atoms with van der Waals surface area (Å²) in [6.45, 7) is 3.51. The number of sulfonamides is 1. The van der Waals surface area contributed by atoms with Crippen LogP contribution in [0.1, 0.15) is 16.8 Å². The highest BCUT2D eigenvalue weighted by Crippen LogP contribution is 2.23. The lowest BCUT2D eigenvalue weighted by Gasteiger charge is -2.07. The third-order valence-electron chi connectivity index (χ3n) is 2.41. The summed E-state index contributed by atoms with van der Waals surface area (Å²) in [6.07, 6.45) is 0. The van der Waals surface area contributed by atoms with Crippen LogP contribution in [0.5, 0.6) is 0 Å². The molecule has 19 heavy (non-hydrogen) atoms. The summed E-state index contributed by atoms with van der Waals surface area (Å²) < 4.78 is 26.9. The number of aliphatic hydroxyl groups is 1. The lowest BCUT2D eigenvalue weighted by Crippen LogP contribution is -2.13. The fourth-order valence-corrected chi connectivity index (χ4v) is 3.85. The molecule has 0 saturated heterocycles. The van der Waals surface area contributed by atoms with Gasteiger partial charge in [-0.25, -0.2) is 13.4 Å². The van der Waals surface area contributed by atoms with Crippen LogP contribution in [0.2, 0.25) is 0 Å². The summed E-state index contributed by atoms with van der Waals surface area (Å²) in [5.74, 6) is 0.302. The van der Waals surface area contributed by atoms with Gasteiger partial charge in [-0.15, -0.1) is 11.3 Å². The molecule has 2 rings (SSSR count). The Morgan fingerprint density at radius 2 is 2.05 bits per heavy atom. The maximum Gasteiger partial charge on any atom is 0.272 e. The molecule has 0 saturated carbocycles. The number of hydrogen-bond donors (Lipinski definition) is 2. The Morgan fingerprint density at radius 3 is 2.63 bits per heavy atom. The van der Waals surface area contributed by atoms with Crippen molar-refractivity contribution in [2.45, 2.75) is 24.7 Å². The Kier molecular flexibility index (Phi) is 3.88. The van der Waals surface area contributed by atoms with Gasteiger partial charge < -0.3 is 5.11 Å². The van der Waals surface area contributed by atoms with E-state index in [1.807, 2.05) is 13.0 Å². The third-order valence-corrected chi connectivity index (χ3v) is 5.26. The van der Waals surface area contributed by atoms with Gasteiger partial charge in [-0.2, -0.15) is 0 Å². The maximum atomic E-state index is 12.1. The van der Waals surface area contributed by atoms with E-state index < -0.39 is 10.0 Å². The summed E-state index contributed by atoms with van der Waals surface area (Å²) in [7, 11) is -3.64. The van der Waals surface area contributed by atoms with Crippen LogP contribution in [0.3, 0.4) is 0 Å². The Morgan fingerprint density at radius 1 is 1.32 bits per heavy atom. The van der Waals surface area contributed by atoms with Gasteiger partial charge in [-0.05, 0) is 48.6 Å². The van der Waals surface area contributed by atoms with Crippen molar-refractivity contribution in [3.8, 4) is 0 Å². The number of nitrogens with zero attached hydrogens (tertiary/aromatic N) is 1. The fraction of sp³-hybridized carbons (Fsp3) is 0.250. The van der Waals surface area contributed by atoms with E-state index in [4.69, 9.17) is 5.11 Å². The summed E-state index contributed by atoms with van der Waals surface area (Å²) in [6, 6.07) is 4.99. The highest BCUT2D eigenvalue weighted by Gasteiger charge is 2.17. The molecule has 0 fully saturated rings. The van der Waals surface area contributed by atoms with E-state index in [-0.39, 0.29) is 10.8 Å². The van der Waals surface area contributed by atoms with Gasteiger partial charge in [0.2, 0.25) is 0 Å². The molecular weight excluding hydrogens is 284 g/mol. The van der Waals surface area contributed by atoms with E-state index in [2.05, 4.69) is 9.71 Å². The largest absolute Gasteiger partial charge is 0.392 e. The van der Waals surface area contributed by atoms with Crippen LogP contribution in [0.15, 0.2) is 27.8 Å². The van der Waals surface area contributed by atoms with Crippen molar-refractivity contribution in [3.05, 3.63) is 40.4 Å². The molecular formula is C12H14N2O3S2. The van der Waals surface area contributed by atoms with E-state index in [0.29, 0.717) is 11.4 Å². The number of aliphatic hydroxyl groups excluding tert-OH is 1. The predicted octanol–water partition coefficient (Wildman–Crippen LogP) is 2.05. The quantitative estimate of drug-likeness (QED) is 0.905. The SMILES string of the molecule is Cc1cc(C)nc(NS(=O)(=O)c2cc(CO)cs2)c1. The van der Waals surface area contributed by atoms with Crippen molar-refractivity contribution < 1.29 is 13.5 Å². The zero-order chi connectivity index (χ0) is 14.0. The van der Waals surface area contributed by atoms with Crippen LogP contribution in [0.25, 0.3) is 0 Å². The van der Waals surface area contributed by atoms with Gasteiger partial charge >= 0.3 is 0 Å². The van der Waals surface area contributed by atoms with Crippen molar-refractivity contribution in [3.63, 3.8) is 0 Å². The monoisotopic (exact) mass is 298 g/mol. The summed E-state index contributed by atoms with van der Waals surface area (Å²) in [4.78, 5) is 4.14. The lowest BCUT2D eigenvalue weighted by atomic mass is 10.2. The molecule has 0 radical (unpaired) electrons. The second kappa shape index (κ2) is 5.28. The first-order chi connectivity index (χ1) is 8.90. The molecule has 2 aromatic heterocycles. The number of anilines is 1. The smallest absolute Gasteiger partial charge is 0.272 e. The minimum absolute atomic E-state index is 0.164. The molecule has 0 unspecified atom stereocenters. The maximum absolute atomic E-state index is 12.1. The number of aryl methyl sites for hydroxylation is 2. The Bertz CT molecular complexity index is 673. The number of thiophene rings is 1. The molecule has 102 valence electrons. The zero-order valence-corrected chi connectivity index (χ0v) is 12.2. The number of nitrogens with one attached hydrogen (secondary N) is 1. The van der Waals surface area contributed by atoms with Gasteiger partial charge in [0.15, 0.2) is 0 Å². The third kappa shape index (κ3) is 3.31. The molecule has 0 aliphatic rings. The van der Waals surface area contributed by atoms with Gasteiger partial charge in [0.1, 0.15) is 10.0 Å². The summed E-state index contributed by atoms with van der Waals surface area (Å²) >= 11 is 1.07. The van der Waals surface area contributed by atoms with E-state index in [9.17, 15) is 8.42 Å². The highest BCUT2D eigenvalue weighted by atomic mass is 32.2. The van der Waals surface area contributed by atoms with Gasteiger partial charge in [0.05, 0.1) is 6.61 Å². The molecule has 7 heteroatoms. The number of rotatable bonds is 4. The van der Waals surface area contributed by atoms with Gasteiger partial charge in [0.25, 0.3) is 10.0 Å². The Labute approximate surface area is 116 Å². The van der Waals surface area contributed by atoms with Crippen molar-refractivity contribution in [1.29, 1.82) is 0 Å². The van der Waals surface area contributed by atoms with E-state index >= 15 is 0 Å². The van der Waals surface area contributed by atoms with Crippen LogP contribution in [0, 0.1) is 13.8 Å². The van der Waals surface area contributed by atoms with Crippen LogP contribution in [-0.4, -0.2) is 18.5 Å². The average Bonchev–Trinajstić information content (AvgIpc) is 2.75. The first-order valence-electron chi connectivity index (χ1n) is 5.57. The fourth-order valence-electron chi connectivity index (χ4n) is 1.66. The Hall–Kier alpha value is -1.44. The van der Waals surface area contributed by atoms with Gasteiger partial charge in [-0.1, -0.05) is 0 Å². The molecule has 5 nitrogen and oxygen atoms in total. The molecule has 2 heterocycles. The molecule has 0 aliphatic carbocycles. The zero-order valence-electron chi connectivity index (χ0n) is 10.5. The van der Waals surface area contributed by atoms with Crippen molar-refractivity contribution in [1.82, 2.24) is 4.98 Å². The van der Waals surface area contributed by atoms with Crippen LogP contribution in [0.4, 0.5) is 5.82 Å². The van der Waals surface area contributed by atoms with E-state index in [0.717, 1.165) is 22.6 Å². The minimum atomic E-state index is -3.64.